The van der Waals surface area contributed by atoms with E-state index in [-0.39, 0.29) is 11.8 Å². The number of carbonyl (C=O) groups is 2. The minimum atomic E-state index is -1.05. The number of nitrogens with one attached hydrogen (secondary N) is 1. The monoisotopic (exact) mass is 299 g/mol. The third kappa shape index (κ3) is 3.45. The van der Waals surface area contributed by atoms with Gasteiger partial charge in [-0.05, 0) is 35.2 Å². The van der Waals surface area contributed by atoms with Crippen molar-refractivity contribution in [2.75, 3.05) is 0 Å². The Morgan fingerprint density at radius 3 is 2.27 bits per heavy atom. The van der Waals surface area contributed by atoms with Crippen LogP contribution in [0, 0.1) is 5.92 Å². The predicted molar refractivity (Wildman–Crippen MR) is 86.5 cm³/mol. The van der Waals surface area contributed by atoms with E-state index in [0.717, 1.165) is 10.8 Å². The van der Waals surface area contributed by atoms with Gasteiger partial charge in [-0.15, -0.1) is 0 Å². The maximum atomic E-state index is 12.2. The molecule has 4 heteroatoms. The molecule has 2 rings (SSSR count). The largest absolute Gasteiger partial charge is 0.479 e. The molecule has 0 aliphatic carbocycles. The van der Waals surface area contributed by atoms with E-state index >= 15 is 0 Å². The van der Waals surface area contributed by atoms with Crippen LogP contribution in [0.5, 0.6) is 0 Å². The van der Waals surface area contributed by atoms with Crippen molar-refractivity contribution in [2.24, 2.45) is 5.92 Å². The predicted octanol–water partition coefficient (Wildman–Crippen LogP) is 3.52. The summed E-state index contributed by atoms with van der Waals surface area (Å²) in [6.45, 7) is 3.86. The Morgan fingerprint density at radius 1 is 1.05 bits per heavy atom. The third-order valence-electron chi connectivity index (χ3n) is 4.00. The van der Waals surface area contributed by atoms with Crippen LogP contribution in [-0.2, 0) is 9.59 Å². The molecule has 116 valence electrons. The molecular formula is C18H21NO3. The first kappa shape index (κ1) is 16.0. The summed E-state index contributed by atoms with van der Waals surface area (Å²) < 4.78 is 0. The molecule has 0 saturated carbocycles. The smallest absolute Gasteiger partial charge is 0.330 e. The summed E-state index contributed by atoms with van der Waals surface area (Å²) in [5.74, 6) is -1.40. The number of aliphatic carboxylic acids is 1. The molecule has 22 heavy (non-hydrogen) atoms. The normalized spacial score (nSPS) is 12.3. The molecule has 1 atom stereocenters. The highest BCUT2D eigenvalue weighted by molar-refractivity contribution is 5.88. The molecule has 4 nitrogen and oxygen atoms in total. The summed E-state index contributed by atoms with van der Waals surface area (Å²) >= 11 is 0. The molecule has 0 saturated heterocycles. The van der Waals surface area contributed by atoms with Crippen LogP contribution in [0.4, 0.5) is 0 Å². The number of hydrogen-bond donors (Lipinski definition) is 2. The van der Waals surface area contributed by atoms with E-state index in [1.54, 1.807) is 6.07 Å². The van der Waals surface area contributed by atoms with E-state index in [2.05, 4.69) is 5.32 Å². The Labute approximate surface area is 130 Å². The fourth-order valence-electron chi connectivity index (χ4n) is 2.59. The third-order valence-corrected chi connectivity index (χ3v) is 4.00. The van der Waals surface area contributed by atoms with Crippen molar-refractivity contribution in [1.82, 2.24) is 5.32 Å². The number of hydrogen-bond acceptors (Lipinski definition) is 2. The Bertz CT molecular complexity index is 677. The summed E-state index contributed by atoms with van der Waals surface area (Å²) in [7, 11) is 0. The van der Waals surface area contributed by atoms with Crippen LogP contribution in [0.3, 0.4) is 0 Å². The van der Waals surface area contributed by atoms with Gasteiger partial charge in [0.25, 0.3) is 0 Å². The standard InChI is InChI=1S/C18H21NO3/c1-3-12(4-2)17(20)19-16(18(21)22)15-10-9-13-7-5-6-8-14(13)11-15/h5-12,16H,3-4H2,1-2H3,(H,19,20)(H,21,22). The highest BCUT2D eigenvalue weighted by Crippen LogP contribution is 2.21. The molecule has 2 aromatic rings. The Balaban J connectivity index is 2.30. The van der Waals surface area contributed by atoms with Crippen LogP contribution in [0.15, 0.2) is 42.5 Å². The van der Waals surface area contributed by atoms with Crippen molar-refractivity contribution in [1.29, 1.82) is 0 Å². The second-order valence-corrected chi connectivity index (χ2v) is 5.40. The van der Waals surface area contributed by atoms with Crippen LogP contribution in [0.2, 0.25) is 0 Å². The van der Waals surface area contributed by atoms with Gasteiger partial charge in [-0.3, -0.25) is 4.79 Å². The van der Waals surface area contributed by atoms with Crippen molar-refractivity contribution in [3.8, 4) is 0 Å². The molecule has 2 aromatic carbocycles. The maximum Gasteiger partial charge on any atom is 0.330 e. The summed E-state index contributed by atoms with van der Waals surface area (Å²) in [6.07, 6.45) is 1.40. The number of carboxylic acid groups (broad SMARTS) is 1. The quantitative estimate of drug-likeness (QED) is 0.857. The lowest BCUT2D eigenvalue weighted by Crippen LogP contribution is -2.37. The molecule has 0 radical (unpaired) electrons. The molecular weight excluding hydrogens is 278 g/mol. The molecule has 1 unspecified atom stereocenters. The van der Waals surface area contributed by atoms with Gasteiger partial charge in [0.05, 0.1) is 0 Å². The SMILES string of the molecule is CCC(CC)C(=O)NC(C(=O)O)c1ccc2ccccc2c1. The number of rotatable bonds is 6. The van der Waals surface area contributed by atoms with Crippen LogP contribution < -0.4 is 5.32 Å². The van der Waals surface area contributed by atoms with Crippen molar-refractivity contribution in [3.05, 3.63) is 48.0 Å². The van der Waals surface area contributed by atoms with Gasteiger partial charge < -0.3 is 10.4 Å². The van der Waals surface area contributed by atoms with Gasteiger partial charge >= 0.3 is 5.97 Å². The van der Waals surface area contributed by atoms with E-state index in [0.29, 0.717) is 18.4 Å². The van der Waals surface area contributed by atoms with Crippen molar-refractivity contribution in [3.63, 3.8) is 0 Å². The summed E-state index contributed by atoms with van der Waals surface area (Å²) in [5.41, 5.74) is 0.588. The average Bonchev–Trinajstić information content (AvgIpc) is 2.53. The number of amides is 1. The summed E-state index contributed by atoms with van der Waals surface area (Å²) in [6, 6.07) is 12.2. The zero-order valence-electron chi connectivity index (χ0n) is 12.9. The van der Waals surface area contributed by atoms with Gasteiger partial charge in [-0.25, -0.2) is 4.79 Å². The van der Waals surface area contributed by atoms with Gasteiger partial charge in [-0.1, -0.05) is 50.2 Å². The van der Waals surface area contributed by atoms with E-state index in [1.807, 2.05) is 50.2 Å². The summed E-state index contributed by atoms with van der Waals surface area (Å²) in [5, 5.41) is 14.1. The second kappa shape index (κ2) is 7.07. The number of benzene rings is 2. The molecule has 0 aliphatic heterocycles. The second-order valence-electron chi connectivity index (χ2n) is 5.40. The van der Waals surface area contributed by atoms with Gasteiger partial charge in [0.2, 0.25) is 5.91 Å². The Kier molecular flexibility index (Phi) is 5.15. The van der Waals surface area contributed by atoms with Crippen molar-refractivity contribution >= 4 is 22.6 Å². The first-order valence-electron chi connectivity index (χ1n) is 7.58. The van der Waals surface area contributed by atoms with E-state index in [1.165, 1.54) is 0 Å². The molecule has 0 aromatic heterocycles. The average molecular weight is 299 g/mol. The molecule has 0 fully saturated rings. The van der Waals surface area contributed by atoms with Gasteiger partial charge in [-0.2, -0.15) is 0 Å². The van der Waals surface area contributed by atoms with Gasteiger partial charge in [0.1, 0.15) is 0 Å². The van der Waals surface area contributed by atoms with Crippen molar-refractivity contribution < 1.29 is 14.7 Å². The van der Waals surface area contributed by atoms with Gasteiger partial charge in [0, 0.05) is 5.92 Å². The first-order valence-corrected chi connectivity index (χ1v) is 7.58. The highest BCUT2D eigenvalue weighted by atomic mass is 16.4. The number of carbonyl (C=O) groups excluding carboxylic acids is 1. The number of fused-ring (bicyclic) bond motifs is 1. The minimum absolute atomic E-state index is 0.151. The first-order chi connectivity index (χ1) is 10.6. The fraction of sp³-hybridized carbons (Fsp3) is 0.333. The lowest BCUT2D eigenvalue weighted by molar-refractivity contribution is -0.142. The number of carboxylic acids is 1. The highest BCUT2D eigenvalue weighted by Gasteiger charge is 2.25. The molecule has 1 amide bonds. The topological polar surface area (TPSA) is 66.4 Å². The Hall–Kier alpha value is -2.36. The molecule has 0 heterocycles. The van der Waals surface area contributed by atoms with E-state index in [9.17, 15) is 14.7 Å². The molecule has 0 aliphatic rings. The van der Waals surface area contributed by atoms with E-state index in [4.69, 9.17) is 0 Å². The lowest BCUT2D eigenvalue weighted by Gasteiger charge is -2.19. The minimum Gasteiger partial charge on any atom is -0.479 e. The molecule has 2 N–H and O–H groups in total. The lowest BCUT2D eigenvalue weighted by atomic mass is 9.99. The van der Waals surface area contributed by atoms with Crippen LogP contribution in [0.1, 0.15) is 38.3 Å². The molecule has 0 bridgehead atoms. The molecule has 0 spiro atoms. The zero-order chi connectivity index (χ0) is 16.1. The summed E-state index contributed by atoms with van der Waals surface area (Å²) in [4.78, 5) is 23.7. The fourth-order valence-corrected chi connectivity index (χ4v) is 2.59. The maximum absolute atomic E-state index is 12.2. The van der Waals surface area contributed by atoms with Crippen LogP contribution >= 0.6 is 0 Å². The van der Waals surface area contributed by atoms with Crippen LogP contribution in [-0.4, -0.2) is 17.0 Å². The van der Waals surface area contributed by atoms with Crippen LogP contribution in [0.25, 0.3) is 10.8 Å². The van der Waals surface area contributed by atoms with E-state index < -0.39 is 12.0 Å². The van der Waals surface area contributed by atoms with Gasteiger partial charge in [0.15, 0.2) is 6.04 Å². The Morgan fingerprint density at radius 2 is 1.68 bits per heavy atom. The zero-order valence-corrected chi connectivity index (χ0v) is 12.9. The van der Waals surface area contributed by atoms with Crippen molar-refractivity contribution in [2.45, 2.75) is 32.7 Å².